The normalized spacial score (nSPS) is 10.8. The largest absolute Gasteiger partial charge is 0.352 e. The summed E-state index contributed by atoms with van der Waals surface area (Å²) in [5, 5.41) is 2.85. The molecule has 1 rings (SSSR count). The maximum absolute atomic E-state index is 11.1. The number of allylic oxidation sites excluding steroid dienone is 4. The van der Waals surface area contributed by atoms with Crippen LogP contribution < -0.4 is 5.32 Å². The van der Waals surface area contributed by atoms with E-state index >= 15 is 0 Å². The third-order valence-corrected chi connectivity index (χ3v) is 2.62. The second-order valence-corrected chi connectivity index (χ2v) is 3.89. The molecule has 0 unspecified atom stereocenters. The van der Waals surface area contributed by atoms with E-state index in [0.717, 1.165) is 16.7 Å². The molecule has 0 bridgehead atoms. The average Bonchev–Trinajstić information content (AvgIpc) is 2.42. The average molecular weight is 241 g/mol. The lowest BCUT2D eigenvalue weighted by Crippen LogP contribution is -2.21. The molecule has 0 aliphatic heterocycles. The number of amides is 1. The number of hydrogen-bond acceptors (Lipinski definition) is 1. The molecule has 0 heterocycles. The van der Waals surface area contributed by atoms with Crippen LogP contribution in [0.1, 0.15) is 24.5 Å². The standard InChI is InChI=1S/C16H19NO/c1-4-7-14(5-2)15-10-8-13(9-11-15)12-17-16(18)6-3/h4-5,7-11H,1-2,6,12H2,3H3,(H,17,18)/b14-7+. The maximum Gasteiger partial charge on any atom is 0.219 e. The van der Waals surface area contributed by atoms with Crippen molar-refractivity contribution in [3.05, 3.63) is 66.8 Å². The van der Waals surface area contributed by atoms with Crippen molar-refractivity contribution >= 4 is 11.5 Å². The van der Waals surface area contributed by atoms with E-state index in [2.05, 4.69) is 18.5 Å². The van der Waals surface area contributed by atoms with Crippen molar-refractivity contribution in [1.82, 2.24) is 5.32 Å². The molecule has 1 N–H and O–H groups in total. The van der Waals surface area contributed by atoms with Gasteiger partial charge >= 0.3 is 0 Å². The van der Waals surface area contributed by atoms with Gasteiger partial charge in [0.25, 0.3) is 0 Å². The van der Waals surface area contributed by atoms with E-state index in [-0.39, 0.29) is 5.91 Å². The molecule has 0 atom stereocenters. The van der Waals surface area contributed by atoms with E-state index in [1.54, 1.807) is 12.2 Å². The van der Waals surface area contributed by atoms with E-state index < -0.39 is 0 Å². The topological polar surface area (TPSA) is 29.1 Å². The Hall–Kier alpha value is -2.09. The maximum atomic E-state index is 11.1. The summed E-state index contributed by atoms with van der Waals surface area (Å²) < 4.78 is 0. The van der Waals surface area contributed by atoms with Gasteiger partial charge in [-0.25, -0.2) is 0 Å². The predicted molar refractivity (Wildman–Crippen MR) is 77.0 cm³/mol. The second-order valence-electron chi connectivity index (χ2n) is 3.89. The zero-order valence-electron chi connectivity index (χ0n) is 10.8. The van der Waals surface area contributed by atoms with E-state index in [4.69, 9.17) is 0 Å². The molecule has 0 radical (unpaired) electrons. The van der Waals surface area contributed by atoms with E-state index in [1.165, 1.54) is 0 Å². The van der Waals surface area contributed by atoms with Crippen molar-refractivity contribution in [3.8, 4) is 0 Å². The quantitative estimate of drug-likeness (QED) is 0.759. The number of carbonyl (C=O) groups is 1. The minimum Gasteiger partial charge on any atom is -0.352 e. The van der Waals surface area contributed by atoms with E-state index in [9.17, 15) is 4.79 Å². The second kappa shape index (κ2) is 7.28. The monoisotopic (exact) mass is 241 g/mol. The Kier molecular flexibility index (Phi) is 5.65. The number of benzene rings is 1. The van der Waals surface area contributed by atoms with Crippen LogP contribution in [0.3, 0.4) is 0 Å². The van der Waals surface area contributed by atoms with Crippen LogP contribution >= 0.6 is 0 Å². The number of nitrogens with one attached hydrogen (secondary N) is 1. The van der Waals surface area contributed by atoms with Crippen LogP contribution in [0.25, 0.3) is 5.57 Å². The molecule has 1 aromatic rings. The molecule has 2 heteroatoms. The first-order valence-electron chi connectivity index (χ1n) is 6.02. The lowest BCUT2D eigenvalue weighted by molar-refractivity contribution is -0.120. The summed E-state index contributed by atoms with van der Waals surface area (Å²) in [5.74, 6) is 0.0670. The Morgan fingerprint density at radius 1 is 1.28 bits per heavy atom. The molecule has 0 aliphatic carbocycles. The lowest BCUT2D eigenvalue weighted by atomic mass is 10.0. The smallest absolute Gasteiger partial charge is 0.219 e. The van der Waals surface area contributed by atoms with Crippen LogP contribution in [0.2, 0.25) is 0 Å². The van der Waals surface area contributed by atoms with Crippen molar-refractivity contribution in [2.45, 2.75) is 19.9 Å². The van der Waals surface area contributed by atoms with Crippen molar-refractivity contribution in [1.29, 1.82) is 0 Å². The fourth-order valence-corrected chi connectivity index (χ4v) is 1.55. The van der Waals surface area contributed by atoms with Gasteiger partial charge in [0, 0.05) is 13.0 Å². The molecule has 0 saturated carbocycles. The Morgan fingerprint density at radius 3 is 2.44 bits per heavy atom. The summed E-state index contributed by atoms with van der Waals surface area (Å²) in [5.41, 5.74) is 3.21. The van der Waals surface area contributed by atoms with Crippen molar-refractivity contribution < 1.29 is 4.79 Å². The molecule has 2 nitrogen and oxygen atoms in total. The first-order chi connectivity index (χ1) is 8.71. The summed E-state index contributed by atoms with van der Waals surface area (Å²) in [6.07, 6.45) is 5.98. The number of hydrogen-bond donors (Lipinski definition) is 1. The fraction of sp³-hybridized carbons (Fsp3) is 0.188. The van der Waals surface area contributed by atoms with Gasteiger partial charge in [-0.15, -0.1) is 0 Å². The Labute approximate surface area is 109 Å². The van der Waals surface area contributed by atoms with Gasteiger partial charge in [0.05, 0.1) is 0 Å². The van der Waals surface area contributed by atoms with Crippen LogP contribution in [0, 0.1) is 0 Å². The van der Waals surface area contributed by atoms with Gasteiger partial charge < -0.3 is 5.32 Å². The first-order valence-corrected chi connectivity index (χ1v) is 6.02. The third-order valence-electron chi connectivity index (χ3n) is 2.62. The highest BCUT2D eigenvalue weighted by Gasteiger charge is 1.99. The van der Waals surface area contributed by atoms with Crippen LogP contribution in [-0.2, 0) is 11.3 Å². The molecule has 0 saturated heterocycles. The highest BCUT2D eigenvalue weighted by Crippen LogP contribution is 2.16. The molecule has 1 amide bonds. The van der Waals surface area contributed by atoms with E-state index in [0.29, 0.717) is 13.0 Å². The Bertz CT molecular complexity index is 454. The third kappa shape index (κ3) is 4.06. The molecule has 0 fully saturated rings. The molecule has 0 aliphatic rings. The van der Waals surface area contributed by atoms with Crippen LogP contribution in [-0.4, -0.2) is 5.91 Å². The van der Waals surface area contributed by atoms with Gasteiger partial charge in [-0.2, -0.15) is 0 Å². The zero-order valence-corrected chi connectivity index (χ0v) is 10.8. The Balaban J connectivity index is 2.73. The first kappa shape index (κ1) is 14.0. The highest BCUT2D eigenvalue weighted by molar-refractivity contribution is 5.76. The van der Waals surface area contributed by atoms with Crippen LogP contribution in [0.4, 0.5) is 0 Å². The summed E-state index contributed by atoms with van der Waals surface area (Å²) in [6.45, 7) is 9.87. The van der Waals surface area contributed by atoms with Gasteiger partial charge in [0.2, 0.25) is 5.91 Å². The fourth-order valence-electron chi connectivity index (χ4n) is 1.55. The predicted octanol–water partition coefficient (Wildman–Crippen LogP) is 3.47. The highest BCUT2D eigenvalue weighted by atomic mass is 16.1. The molecular weight excluding hydrogens is 222 g/mol. The summed E-state index contributed by atoms with van der Waals surface area (Å²) in [4.78, 5) is 11.1. The van der Waals surface area contributed by atoms with Gasteiger partial charge in [-0.05, 0) is 16.7 Å². The molecular formula is C16H19NO. The molecule has 94 valence electrons. The zero-order chi connectivity index (χ0) is 13.4. The molecule has 1 aromatic carbocycles. The molecule has 18 heavy (non-hydrogen) atoms. The van der Waals surface area contributed by atoms with Crippen molar-refractivity contribution in [2.75, 3.05) is 0 Å². The van der Waals surface area contributed by atoms with Crippen molar-refractivity contribution in [2.24, 2.45) is 0 Å². The Morgan fingerprint density at radius 2 is 1.94 bits per heavy atom. The lowest BCUT2D eigenvalue weighted by Gasteiger charge is -2.06. The van der Waals surface area contributed by atoms with Crippen LogP contribution in [0.5, 0.6) is 0 Å². The summed E-state index contributed by atoms with van der Waals surface area (Å²) >= 11 is 0. The van der Waals surface area contributed by atoms with Gasteiger partial charge in [0.1, 0.15) is 0 Å². The molecule has 0 aromatic heterocycles. The number of rotatable bonds is 6. The minimum atomic E-state index is 0.0670. The van der Waals surface area contributed by atoms with Gasteiger partial charge in [-0.3, -0.25) is 4.79 Å². The summed E-state index contributed by atoms with van der Waals surface area (Å²) in [6, 6.07) is 8.05. The SMILES string of the molecule is C=C/C=C(\C=C)c1ccc(CNC(=O)CC)cc1. The van der Waals surface area contributed by atoms with Gasteiger partial charge in [-0.1, -0.05) is 62.6 Å². The summed E-state index contributed by atoms with van der Waals surface area (Å²) in [7, 11) is 0. The minimum absolute atomic E-state index is 0.0670. The van der Waals surface area contributed by atoms with Crippen LogP contribution in [0.15, 0.2) is 55.7 Å². The van der Waals surface area contributed by atoms with E-state index in [1.807, 2.05) is 37.3 Å². The van der Waals surface area contributed by atoms with Gasteiger partial charge in [0.15, 0.2) is 0 Å². The van der Waals surface area contributed by atoms with Crippen molar-refractivity contribution in [3.63, 3.8) is 0 Å². The molecule has 0 spiro atoms. The number of carbonyl (C=O) groups excluding carboxylic acids is 1.